The van der Waals surface area contributed by atoms with Crippen LogP contribution in [-0.2, 0) is 4.79 Å². The maximum Gasteiger partial charge on any atom is 0.240 e. The molecule has 1 amide bonds. The van der Waals surface area contributed by atoms with Crippen LogP contribution in [0.1, 0.15) is 64.7 Å². The first-order valence-corrected chi connectivity index (χ1v) is 8.32. The third-order valence-electron chi connectivity index (χ3n) is 5.44. The molecule has 2 atom stereocenters. The quantitative estimate of drug-likeness (QED) is 0.850. The second kappa shape index (κ2) is 5.82. The highest BCUT2D eigenvalue weighted by atomic mass is 16.2. The highest BCUT2D eigenvalue weighted by Gasteiger charge is 2.41. The molecule has 1 saturated heterocycles. The zero-order chi connectivity index (χ0) is 13.2. The molecule has 0 bridgehead atoms. The Labute approximate surface area is 117 Å². The van der Waals surface area contributed by atoms with Crippen LogP contribution >= 0.6 is 0 Å². The van der Waals surface area contributed by atoms with E-state index in [1.54, 1.807) is 0 Å². The fourth-order valence-electron chi connectivity index (χ4n) is 4.32. The van der Waals surface area contributed by atoms with Gasteiger partial charge >= 0.3 is 0 Å². The van der Waals surface area contributed by atoms with Crippen molar-refractivity contribution < 1.29 is 4.79 Å². The van der Waals surface area contributed by atoms with Crippen LogP contribution in [0.25, 0.3) is 0 Å². The van der Waals surface area contributed by atoms with Gasteiger partial charge in [0.1, 0.15) is 0 Å². The second-order valence-corrected chi connectivity index (χ2v) is 6.87. The predicted molar refractivity (Wildman–Crippen MR) is 76.6 cm³/mol. The van der Waals surface area contributed by atoms with Crippen LogP contribution in [0.4, 0.5) is 0 Å². The van der Waals surface area contributed by atoms with E-state index in [2.05, 4.69) is 10.2 Å². The molecular formula is C16H28N2O. The normalized spacial score (nSPS) is 34.4. The lowest BCUT2D eigenvalue weighted by Gasteiger charge is -2.33. The summed E-state index contributed by atoms with van der Waals surface area (Å²) in [6.07, 6.45) is 12.4. The summed E-state index contributed by atoms with van der Waals surface area (Å²) in [7, 11) is 0. The molecule has 3 aliphatic rings. The van der Waals surface area contributed by atoms with E-state index in [9.17, 15) is 4.79 Å². The summed E-state index contributed by atoms with van der Waals surface area (Å²) in [5, 5.41) is 3.56. The number of hydrogen-bond acceptors (Lipinski definition) is 2. The topological polar surface area (TPSA) is 32.3 Å². The summed E-state index contributed by atoms with van der Waals surface area (Å²) in [6.45, 7) is 3.04. The minimum Gasteiger partial charge on any atom is -0.325 e. The molecule has 2 saturated carbocycles. The van der Waals surface area contributed by atoms with Crippen molar-refractivity contribution in [2.24, 2.45) is 11.8 Å². The van der Waals surface area contributed by atoms with Crippen molar-refractivity contribution in [3.05, 3.63) is 0 Å². The van der Waals surface area contributed by atoms with Crippen molar-refractivity contribution >= 4 is 5.91 Å². The second-order valence-electron chi connectivity index (χ2n) is 6.87. The molecule has 3 nitrogen and oxygen atoms in total. The van der Waals surface area contributed by atoms with E-state index in [4.69, 9.17) is 0 Å². The minimum atomic E-state index is 0.0363. The Morgan fingerprint density at radius 1 is 1.05 bits per heavy atom. The zero-order valence-electron chi connectivity index (χ0n) is 12.2. The predicted octanol–water partition coefficient (Wildman–Crippen LogP) is 2.90. The van der Waals surface area contributed by atoms with E-state index in [-0.39, 0.29) is 6.04 Å². The van der Waals surface area contributed by atoms with Crippen LogP contribution in [0.5, 0.6) is 0 Å². The zero-order valence-corrected chi connectivity index (χ0v) is 12.2. The molecule has 108 valence electrons. The van der Waals surface area contributed by atoms with Gasteiger partial charge < -0.3 is 4.90 Å². The number of rotatable bonds is 3. The van der Waals surface area contributed by atoms with Gasteiger partial charge in [0.05, 0.1) is 12.2 Å². The maximum atomic E-state index is 12.4. The summed E-state index contributed by atoms with van der Waals surface area (Å²) >= 11 is 0. The van der Waals surface area contributed by atoms with E-state index in [1.165, 1.54) is 57.8 Å². The van der Waals surface area contributed by atoms with Crippen LogP contribution < -0.4 is 5.32 Å². The SMILES string of the molecule is CC1NC(C2CCCC2)N(CC2CCCCC2)C1=O. The minimum absolute atomic E-state index is 0.0363. The van der Waals surface area contributed by atoms with Gasteiger partial charge in [-0.05, 0) is 44.4 Å². The Morgan fingerprint density at radius 3 is 2.37 bits per heavy atom. The highest BCUT2D eigenvalue weighted by molar-refractivity contribution is 5.84. The molecule has 0 aromatic carbocycles. The average molecular weight is 264 g/mol. The van der Waals surface area contributed by atoms with Gasteiger partial charge in [-0.15, -0.1) is 0 Å². The van der Waals surface area contributed by atoms with E-state index in [0.29, 0.717) is 18.0 Å². The van der Waals surface area contributed by atoms with Crippen molar-refractivity contribution in [3.63, 3.8) is 0 Å². The summed E-state index contributed by atoms with van der Waals surface area (Å²) in [6, 6.07) is 0.0363. The van der Waals surface area contributed by atoms with E-state index < -0.39 is 0 Å². The monoisotopic (exact) mass is 264 g/mol. The lowest BCUT2D eigenvalue weighted by atomic mass is 9.88. The van der Waals surface area contributed by atoms with Crippen molar-refractivity contribution in [2.45, 2.75) is 76.9 Å². The van der Waals surface area contributed by atoms with Gasteiger partial charge in [-0.25, -0.2) is 0 Å². The molecule has 1 N–H and O–H groups in total. The fraction of sp³-hybridized carbons (Fsp3) is 0.938. The standard InChI is InChI=1S/C16H28N2O/c1-12-16(19)18(11-13-7-3-2-4-8-13)15(17-12)14-9-5-6-10-14/h12-15,17H,2-11H2,1H3. The maximum absolute atomic E-state index is 12.4. The summed E-state index contributed by atoms with van der Waals surface area (Å²) in [4.78, 5) is 14.6. The van der Waals surface area contributed by atoms with E-state index in [1.807, 2.05) is 6.92 Å². The summed E-state index contributed by atoms with van der Waals surface area (Å²) < 4.78 is 0. The van der Waals surface area contributed by atoms with Gasteiger partial charge in [0.2, 0.25) is 5.91 Å². The Balaban J connectivity index is 1.66. The number of carbonyl (C=O) groups excluding carboxylic acids is 1. The average Bonchev–Trinajstić information content (AvgIpc) is 3.04. The van der Waals surface area contributed by atoms with E-state index >= 15 is 0 Å². The molecule has 3 heteroatoms. The molecule has 2 aliphatic carbocycles. The van der Waals surface area contributed by atoms with Crippen molar-refractivity contribution in [2.75, 3.05) is 6.54 Å². The number of amides is 1. The Kier molecular flexibility index (Phi) is 4.11. The molecular weight excluding hydrogens is 236 g/mol. The smallest absolute Gasteiger partial charge is 0.240 e. The lowest BCUT2D eigenvalue weighted by Crippen LogP contribution is -2.44. The van der Waals surface area contributed by atoms with Gasteiger partial charge in [-0.3, -0.25) is 10.1 Å². The fourth-order valence-corrected chi connectivity index (χ4v) is 4.32. The van der Waals surface area contributed by atoms with Crippen LogP contribution in [-0.4, -0.2) is 29.6 Å². The third kappa shape index (κ3) is 2.81. The van der Waals surface area contributed by atoms with Crippen LogP contribution in [0.15, 0.2) is 0 Å². The van der Waals surface area contributed by atoms with Gasteiger partial charge in [0.25, 0.3) is 0 Å². The number of nitrogens with one attached hydrogen (secondary N) is 1. The Morgan fingerprint density at radius 2 is 1.68 bits per heavy atom. The van der Waals surface area contributed by atoms with E-state index in [0.717, 1.165) is 12.5 Å². The van der Waals surface area contributed by atoms with Crippen molar-refractivity contribution in [1.29, 1.82) is 0 Å². The first-order chi connectivity index (χ1) is 9.25. The van der Waals surface area contributed by atoms with Crippen LogP contribution in [0.3, 0.4) is 0 Å². The first-order valence-electron chi connectivity index (χ1n) is 8.32. The first kappa shape index (κ1) is 13.4. The van der Waals surface area contributed by atoms with Crippen molar-refractivity contribution in [3.8, 4) is 0 Å². The molecule has 19 heavy (non-hydrogen) atoms. The van der Waals surface area contributed by atoms with Gasteiger partial charge in [0, 0.05) is 6.54 Å². The Bertz CT molecular complexity index is 319. The third-order valence-corrected chi connectivity index (χ3v) is 5.44. The molecule has 1 heterocycles. The number of carbonyl (C=O) groups is 1. The highest BCUT2D eigenvalue weighted by Crippen LogP contribution is 2.33. The number of nitrogens with zero attached hydrogens (tertiary/aromatic N) is 1. The molecule has 3 rings (SSSR count). The Hall–Kier alpha value is -0.570. The summed E-state index contributed by atoms with van der Waals surface area (Å²) in [5.74, 6) is 1.81. The molecule has 0 radical (unpaired) electrons. The van der Waals surface area contributed by atoms with Gasteiger partial charge in [-0.2, -0.15) is 0 Å². The van der Waals surface area contributed by atoms with Crippen LogP contribution in [0, 0.1) is 11.8 Å². The van der Waals surface area contributed by atoms with Gasteiger partial charge in [-0.1, -0.05) is 32.1 Å². The molecule has 0 aromatic heterocycles. The van der Waals surface area contributed by atoms with Crippen molar-refractivity contribution in [1.82, 2.24) is 10.2 Å². The summed E-state index contributed by atoms with van der Waals surface area (Å²) in [5.41, 5.74) is 0. The number of hydrogen-bond donors (Lipinski definition) is 1. The van der Waals surface area contributed by atoms with Gasteiger partial charge in [0.15, 0.2) is 0 Å². The largest absolute Gasteiger partial charge is 0.325 e. The van der Waals surface area contributed by atoms with Crippen LogP contribution in [0.2, 0.25) is 0 Å². The molecule has 3 fully saturated rings. The molecule has 2 unspecified atom stereocenters. The molecule has 0 aromatic rings. The molecule has 1 aliphatic heterocycles. The lowest BCUT2D eigenvalue weighted by molar-refractivity contribution is -0.131. The molecule has 0 spiro atoms.